The van der Waals surface area contributed by atoms with E-state index in [0.29, 0.717) is 5.82 Å². The van der Waals surface area contributed by atoms with Crippen LogP contribution in [0.2, 0.25) is 0 Å². The van der Waals surface area contributed by atoms with Crippen LogP contribution in [0, 0.1) is 5.92 Å². The maximum absolute atomic E-state index is 11.9. The number of nitrogens with one attached hydrogen (secondary N) is 2. The summed E-state index contributed by atoms with van der Waals surface area (Å²) in [6.45, 7) is 4.56. The summed E-state index contributed by atoms with van der Waals surface area (Å²) >= 11 is 0. The molecule has 0 saturated heterocycles. The van der Waals surface area contributed by atoms with Crippen molar-refractivity contribution in [3.8, 4) is 5.69 Å². The Hall–Kier alpha value is -2.41. The predicted molar refractivity (Wildman–Crippen MR) is 91.7 cm³/mol. The van der Waals surface area contributed by atoms with Gasteiger partial charge in [-0.2, -0.15) is 0 Å². The highest BCUT2D eigenvalue weighted by molar-refractivity contribution is 5.73. The number of hydrogen-bond acceptors (Lipinski definition) is 4. The zero-order chi connectivity index (χ0) is 17.4. The average Bonchev–Trinajstić information content (AvgIpc) is 3.08. The molecule has 0 fully saturated rings. The quantitative estimate of drug-likeness (QED) is 0.688. The van der Waals surface area contributed by atoms with Gasteiger partial charge < -0.3 is 15.7 Å². The summed E-state index contributed by atoms with van der Waals surface area (Å²) in [4.78, 5) is 11.9. The number of carbonyl (C=O) groups excluding carboxylic acids is 1. The van der Waals surface area contributed by atoms with Gasteiger partial charge in [-0.3, -0.25) is 4.57 Å². The molecule has 130 valence electrons. The molecule has 24 heavy (non-hydrogen) atoms. The minimum Gasteiger partial charge on any atom is -0.391 e. The van der Waals surface area contributed by atoms with Gasteiger partial charge in [0.25, 0.3) is 0 Å². The van der Waals surface area contributed by atoms with Gasteiger partial charge in [0.2, 0.25) is 0 Å². The number of urea groups is 1. The van der Waals surface area contributed by atoms with Gasteiger partial charge in [0.15, 0.2) is 5.82 Å². The number of amides is 2. The van der Waals surface area contributed by atoms with Crippen LogP contribution in [0.3, 0.4) is 0 Å². The smallest absolute Gasteiger partial charge is 0.315 e. The molecule has 2 aromatic rings. The summed E-state index contributed by atoms with van der Waals surface area (Å²) in [5.74, 6) is 0.836. The van der Waals surface area contributed by atoms with Gasteiger partial charge in [0.05, 0.1) is 12.6 Å². The van der Waals surface area contributed by atoms with E-state index in [9.17, 15) is 9.90 Å². The average molecular weight is 331 g/mol. The minimum absolute atomic E-state index is 0.200. The maximum Gasteiger partial charge on any atom is 0.315 e. The molecule has 2 amide bonds. The normalized spacial score (nSPS) is 12.2. The molecular weight excluding hydrogens is 306 g/mol. The maximum atomic E-state index is 11.9. The topological polar surface area (TPSA) is 92.1 Å². The van der Waals surface area contributed by atoms with Crippen LogP contribution in [-0.2, 0) is 6.54 Å². The minimum atomic E-state index is -0.529. The zero-order valence-electron chi connectivity index (χ0n) is 14.1. The summed E-state index contributed by atoms with van der Waals surface area (Å²) in [5.41, 5.74) is 0.934. The molecule has 0 aliphatic rings. The Bertz CT molecular complexity index is 625. The Labute approximate surface area is 142 Å². The monoisotopic (exact) mass is 331 g/mol. The Balaban J connectivity index is 1.84. The van der Waals surface area contributed by atoms with Crippen LogP contribution in [0.25, 0.3) is 5.69 Å². The lowest BCUT2D eigenvalue weighted by molar-refractivity contribution is 0.103. The van der Waals surface area contributed by atoms with Crippen molar-refractivity contribution in [3.05, 3.63) is 42.5 Å². The van der Waals surface area contributed by atoms with E-state index in [1.165, 1.54) is 0 Å². The van der Waals surface area contributed by atoms with Crippen molar-refractivity contribution in [2.45, 2.75) is 39.3 Å². The first-order valence-corrected chi connectivity index (χ1v) is 8.29. The number of benzene rings is 1. The Morgan fingerprint density at radius 2 is 1.92 bits per heavy atom. The van der Waals surface area contributed by atoms with Gasteiger partial charge in [-0.05, 0) is 18.1 Å². The second kappa shape index (κ2) is 9.02. The lowest BCUT2D eigenvalue weighted by Gasteiger charge is -2.20. The summed E-state index contributed by atoms with van der Waals surface area (Å²) in [5, 5.41) is 23.4. The van der Waals surface area contributed by atoms with E-state index in [-0.39, 0.29) is 25.0 Å². The highest BCUT2D eigenvalue weighted by Crippen LogP contribution is 2.12. The number of nitrogens with zero attached hydrogens (tertiary/aromatic N) is 3. The molecule has 1 aromatic carbocycles. The molecule has 7 heteroatoms. The lowest BCUT2D eigenvalue weighted by Crippen LogP contribution is -2.41. The SMILES string of the molecule is CCC(CC)C(O)CNC(=O)NCc1nncn1-c1ccccc1. The van der Waals surface area contributed by atoms with Crippen molar-refractivity contribution in [1.82, 2.24) is 25.4 Å². The predicted octanol–water partition coefficient (Wildman–Crippen LogP) is 1.86. The van der Waals surface area contributed by atoms with Gasteiger partial charge in [0, 0.05) is 12.2 Å². The number of carbonyl (C=O) groups is 1. The molecule has 0 spiro atoms. The largest absolute Gasteiger partial charge is 0.391 e. The van der Waals surface area contributed by atoms with Crippen LogP contribution < -0.4 is 10.6 Å². The van der Waals surface area contributed by atoms with E-state index in [2.05, 4.69) is 20.8 Å². The van der Waals surface area contributed by atoms with Crippen LogP contribution in [0.1, 0.15) is 32.5 Å². The van der Waals surface area contributed by atoms with Crippen molar-refractivity contribution in [3.63, 3.8) is 0 Å². The van der Waals surface area contributed by atoms with E-state index in [1.807, 2.05) is 48.7 Å². The van der Waals surface area contributed by atoms with Crippen molar-refractivity contribution >= 4 is 6.03 Å². The molecule has 0 saturated carbocycles. The second-order valence-electron chi connectivity index (χ2n) is 5.66. The molecule has 0 aliphatic carbocycles. The van der Waals surface area contributed by atoms with E-state index in [1.54, 1.807) is 6.33 Å². The van der Waals surface area contributed by atoms with Crippen LogP contribution in [-0.4, -0.2) is 38.6 Å². The van der Waals surface area contributed by atoms with E-state index < -0.39 is 6.10 Å². The number of rotatable bonds is 8. The van der Waals surface area contributed by atoms with E-state index in [4.69, 9.17) is 0 Å². The van der Waals surface area contributed by atoms with Gasteiger partial charge in [-0.25, -0.2) is 4.79 Å². The Morgan fingerprint density at radius 3 is 2.58 bits per heavy atom. The van der Waals surface area contributed by atoms with E-state index in [0.717, 1.165) is 18.5 Å². The van der Waals surface area contributed by atoms with Crippen LogP contribution >= 0.6 is 0 Å². The molecular formula is C17H25N5O2. The fourth-order valence-corrected chi connectivity index (χ4v) is 2.60. The number of aliphatic hydroxyl groups excluding tert-OH is 1. The summed E-state index contributed by atoms with van der Waals surface area (Å²) in [7, 11) is 0. The number of aliphatic hydroxyl groups is 1. The first-order chi connectivity index (χ1) is 11.7. The first-order valence-electron chi connectivity index (χ1n) is 8.29. The van der Waals surface area contributed by atoms with E-state index >= 15 is 0 Å². The van der Waals surface area contributed by atoms with Crippen LogP contribution in [0.5, 0.6) is 0 Å². The number of hydrogen-bond donors (Lipinski definition) is 3. The Morgan fingerprint density at radius 1 is 1.21 bits per heavy atom. The molecule has 7 nitrogen and oxygen atoms in total. The van der Waals surface area contributed by atoms with Crippen molar-refractivity contribution in [1.29, 1.82) is 0 Å². The second-order valence-corrected chi connectivity index (χ2v) is 5.66. The zero-order valence-corrected chi connectivity index (χ0v) is 14.1. The third-order valence-electron chi connectivity index (χ3n) is 4.12. The molecule has 1 aromatic heterocycles. The van der Waals surface area contributed by atoms with Crippen LogP contribution in [0.15, 0.2) is 36.7 Å². The molecule has 0 bridgehead atoms. The summed E-state index contributed by atoms with van der Waals surface area (Å²) in [6, 6.07) is 9.35. The van der Waals surface area contributed by atoms with Crippen molar-refractivity contribution < 1.29 is 9.90 Å². The van der Waals surface area contributed by atoms with Gasteiger partial charge in [-0.15, -0.1) is 10.2 Å². The number of aromatic nitrogens is 3. The lowest BCUT2D eigenvalue weighted by atomic mass is 9.97. The molecule has 1 heterocycles. The molecule has 0 radical (unpaired) electrons. The Kier molecular flexibility index (Phi) is 6.74. The molecule has 1 atom stereocenters. The number of para-hydroxylation sites is 1. The third kappa shape index (κ3) is 4.79. The van der Waals surface area contributed by atoms with Gasteiger partial charge >= 0.3 is 6.03 Å². The first kappa shape index (κ1) is 17.9. The third-order valence-corrected chi connectivity index (χ3v) is 4.12. The summed E-state index contributed by atoms with van der Waals surface area (Å²) in [6.07, 6.45) is 2.86. The van der Waals surface area contributed by atoms with Crippen LogP contribution in [0.4, 0.5) is 4.79 Å². The standard InChI is InChI=1S/C17H25N5O2/c1-3-13(4-2)15(23)10-18-17(24)19-11-16-21-20-12-22(16)14-8-6-5-7-9-14/h5-9,12-13,15,23H,3-4,10-11H2,1-2H3,(H2,18,19,24). The van der Waals surface area contributed by atoms with Gasteiger partial charge in [0.1, 0.15) is 6.33 Å². The molecule has 2 rings (SSSR count). The summed E-state index contributed by atoms with van der Waals surface area (Å²) < 4.78 is 1.82. The van der Waals surface area contributed by atoms with Crippen molar-refractivity contribution in [2.75, 3.05) is 6.54 Å². The molecule has 0 aliphatic heterocycles. The molecule has 3 N–H and O–H groups in total. The molecule has 1 unspecified atom stereocenters. The fourth-order valence-electron chi connectivity index (χ4n) is 2.60. The van der Waals surface area contributed by atoms with Gasteiger partial charge in [-0.1, -0.05) is 44.9 Å². The highest BCUT2D eigenvalue weighted by atomic mass is 16.3. The highest BCUT2D eigenvalue weighted by Gasteiger charge is 2.16. The van der Waals surface area contributed by atoms with Crippen molar-refractivity contribution in [2.24, 2.45) is 5.92 Å². The fraction of sp³-hybridized carbons (Fsp3) is 0.471.